The Morgan fingerprint density at radius 2 is 2.05 bits per heavy atom. The minimum atomic E-state index is -0.923. The normalized spacial score (nSPS) is 12.0. The molecule has 0 aliphatic carbocycles. The number of hydrogen-bond acceptors (Lipinski definition) is 2. The molecule has 0 spiro atoms. The molecular formula is C13H17IN2O3. The second-order valence-corrected chi connectivity index (χ2v) is 5.80. The predicted molar refractivity (Wildman–Crippen MR) is 82.2 cm³/mol. The van der Waals surface area contributed by atoms with E-state index in [1.54, 1.807) is 6.07 Å². The summed E-state index contributed by atoms with van der Waals surface area (Å²) in [4.78, 5) is 22.5. The summed E-state index contributed by atoms with van der Waals surface area (Å²) in [5, 5.41) is 14.2. The summed E-state index contributed by atoms with van der Waals surface area (Å²) in [6.07, 6.45) is -0.0859. The van der Waals surface area contributed by atoms with Gasteiger partial charge in [0, 0.05) is 15.3 Å². The SMILES string of the molecule is CC(C)C(CC(=O)O)NC(=O)Nc1cccc(I)c1. The molecule has 0 saturated heterocycles. The van der Waals surface area contributed by atoms with Gasteiger partial charge in [0.2, 0.25) is 0 Å². The van der Waals surface area contributed by atoms with Gasteiger partial charge in [-0.15, -0.1) is 0 Å². The Labute approximate surface area is 125 Å². The molecule has 2 amide bonds. The van der Waals surface area contributed by atoms with E-state index in [-0.39, 0.29) is 24.4 Å². The van der Waals surface area contributed by atoms with Crippen molar-refractivity contribution in [1.29, 1.82) is 0 Å². The van der Waals surface area contributed by atoms with Crippen LogP contribution in [0.4, 0.5) is 10.5 Å². The molecule has 0 bridgehead atoms. The van der Waals surface area contributed by atoms with Gasteiger partial charge in [0.25, 0.3) is 0 Å². The first-order valence-electron chi connectivity index (χ1n) is 5.93. The van der Waals surface area contributed by atoms with E-state index in [1.165, 1.54) is 0 Å². The highest BCUT2D eigenvalue weighted by Gasteiger charge is 2.19. The van der Waals surface area contributed by atoms with Gasteiger partial charge >= 0.3 is 12.0 Å². The molecular weight excluding hydrogens is 359 g/mol. The van der Waals surface area contributed by atoms with E-state index >= 15 is 0 Å². The van der Waals surface area contributed by atoms with Crippen molar-refractivity contribution in [1.82, 2.24) is 5.32 Å². The highest BCUT2D eigenvalue weighted by Crippen LogP contribution is 2.13. The number of carboxylic acids is 1. The lowest BCUT2D eigenvalue weighted by Crippen LogP contribution is -2.42. The molecule has 6 heteroatoms. The van der Waals surface area contributed by atoms with E-state index in [1.807, 2.05) is 32.0 Å². The van der Waals surface area contributed by atoms with Crippen molar-refractivity contribution in [2.75, 3.05) is 5.32 Å². The van der Waals surface area contributed by atoms with E-state index in [0.29, 0.717) is 5.69 Å². The van der Waals surface area contributed by atoms with Crippen molar-refractivity contribution in [3.63, 3.8) is 0 Å². The number of amides is 2. The van der Waals surface area contributed by atoms with Crippen molar-refractivity contribution in [2.24, 2.45) is 5.92 Å². The number of benzene rings is 1. The summed E-state index contributed by atoms with van der Waals surface area (Å²) in [7, 11) is 0. The lowest BCUT2D eigenvalue weighted by Gasteiger charge is -2.20. The van der Waals surface area contributed by atoms with Crippen LogP contribution in [0.3, 0.4) is 0 Å². The summed E-state index contributed by atoms with van der Waals surface area (Å²) in [5.74, 6) is -0.869. The average Bonchev–Trinajstić information content (AvgIpc) is 2.27. The molecule has 0 heterocycles. The van der Waals surface area contributed by atoms with Crippen LogP contribution in [0, 0.1) is 9.49 Å². The van der Waals surface area contributed by atoms with E-state index in [9.17, 15) is 9.59 Å². The molecule has 1 unspecified atom stereocenters. The average molecular weight is 376 g/mol. The molecule has 5 nitrogen and oxygen atoms in total. The summed E-state index contributed by atoms with van der Waals surface area (Å²) < 4.78 is 1.02. The molecule has 3 N–H and O–H groups in total. The van der Waals surface area contributed by atoms with Gasteiger partial charge in [-0.25, -0.2) is 4.79 Å². The second kappa shape index (κ2) is 7.32. The van der Waals surface area contributed by atoms with Gasteiger partial charge in [0.15, 0.2) is 0 Å². The van der Waals surface area contributed by atoms with Gasteiger partial charge in [0.1, 0.15) is 0 Å². The van der Waals surface area contributed by atoms with Crippen LogP contribution in [-0.2, 0) is 4.79 Å². The van der Waals surface area contributed by atoms with Gasteiger partial charge in [-0.05, 0) is 46.7 Å². The molecule has 1 aromatic carbocycles. The summed E-state index contributed by atoms with van der Waals surface area (Å²) >= 11 is 2.15. The first-order valence-corrected chi connectivity index (χ1v) is 7.01. The van der Waals surface area contributed by atoms with Crippen LogP contribution in [-0.4, -0.2) is 23.1 Å². The van der Waals surface area contributed by atoms with Crippen LogP contribution in [0.15, 0.2) is 24.3 Å². The van der Waals surface area contributed by atoms with Crippen molar-refractivity contribution in [2.45, 2.75) is 26.3 Å². The Morgan fingerprint density at radius 3 is 2.58 bits per heavy atom. The third-order valence-electron chi connectivity index (χ3n) is 2.60. The molecule has 0 radical (unpaired) electrons. The van der Waals surface area contributed by atoms with E-state index in [4.69, 9.17) is 5.11 Å². The zero-order valence-corrected chi connectivity index (χ0v) is 13.0. The van der Waals surface area contributed by atoms with E-state index in [2.05, 4.69) is 33.2 Å². The molecule has 19 heavy (non-hydrogen) atoms. The van der Waals surface area contributed by atoms with Gasteiger partial charge < -0.3 is 15.7 Å². The highest BCUT2D eigenvalue weighted by atomic mass is 127. The van der Waals surface area contributed by atoms with Crippen LogP contribution in [0.1, 0.15) is 20.3 Å². The topological polar surface area (TPSA) is 78.4 Å². The number of anilines is 1. The van der Waals surface area contributed by atoms with Crippen molar-refractivity contribution >= 4 is 40.3 Å². The predicted octanol–water partition coefficient (Wildman–Crippen LogP) is 2.91. The Bertz CT molecular complexity index is 463. The fourth-order valence-corrected chi connectivity index (χ4v) is 2.09. The van der Waals surface area contributed by atoms with Gasteiger partial charge in [-0.3, -0.25) is 4.79 Å². The number of nitrogens with one attached hydrogen (secondary N) is 2. The van der Waals surface area contributed by atoms with Gasteiger partial charge in [-0.2, -0.15) is 0 Å². The quantitative estimate of drug-likeness (QED) is 0.692. The molecule has 0 aromatic heterocycles. The zero-order chi connectivity index (χ0) is 14.4. The number of urea groups is 1. The molecule has 1 atom stereocenters. The minimum Gasteiger partial charge on any atom is -0.481 e. The van der Waals surface area contributed by atoms with Crippen LogP contribution >= 0.6 is 22.6 Å². The molecule has 1 aromatic rings. The summed E-state index contributed by atoms with van der Waals surface area (Å²) in [6, 6.07) is 6.60. The van der Waals surface area contributed by atoms with E-state index in [0.717, 1.165) is 3.57 Å². The maximum absolute atomic E-state index is 11.8. The lowest BCUT2D eigenvalue weighted by molar-refractivity contribution is -0.137. The third-order valence-corrected chi connectivity index (χ3v) is 3.27. The zero-order valence-electron chi connectivity index (χ0n) is 10.8. The van der Waals surface area contributed by atoms with Gasteiger partial charge in [-0.1, -0.05) is 19.9 Å². The number of carbonyl (C=O) groups is 2. The number of rotatable bonds is 5. The van der Waals surface area contributed by atoms with Crippen molar-refractivity contribution in [3.05, 3.63) is 27.8 Å². The first kappa shape index (κ1) is 15.7. The summed E-state index contributed by atoms with van der Waals surface area (Å²) in [6.45, 7) is 3.75. The largest absolute Gasteiger partial charge is 0.481 e. The molecule has 1 rings (SSSR count). The van der Waals surface area contributed by atoms with Gasteiger partial charge in [0.05, 0.1) is 6.42 Å². The molecule has 0 fully saturated rings. The fourth-order valence-electron chi connectivity index (χ4n) is 1.54. The number of carboxylic acid groups (broad SMARTS) is 1. The lowest BCUT2D eigenvalue weighted by atomic mass is 10.0. The Morgan fingerprint density at radius 1 is 1.37 bits per heavy atom. The number of carbonyl (C=O) groups excluding carboxylic acids is 1. The van der Waals surface area contributed by atoms with Crippen LogP contribution < -0.4 is 10.6 Å². The minimum absolute atomic E-state index is 0.0535. The maximum Gasteiger partial charge on any atom is 0.319 e. The Hall–Kier alpha value is -1.31. The van der Waals surface area contributed by atoms with E-state index < -0.39 is 5.97 Å². The molecule has 104 valence electrons. The monoisotopic (exact) mass is 376 g/mol. The first-order chi connectivity index (χ1) is 8.88. The fraction of sp³-hybridized carbons (Fsp3) is 0.385. The number of halogens is 1. The maximum atomic E-state index is 11.8. The van der Waals surface area contributed by atoms with Crippen LogP contribution in [0.2, 0.25) is 0 Å². The molecule has 0 aliphatic heterocycles. The van der Waals surface area contributed by atoms with Crippen molar-refractivity contribution in [3.8, 4) is 0 Å². The van der Waals surface area contributed by atoms with Crippen LogP contribution in [0.25, 0.3) is 0 Å². The standard InChI is InChI=1S/C13H17IN2O3/c1-8(2)11(7-12(17)18)16-13(19)15-10-5-3-4-9(14)6-10/h3-6,8,11H,7H2,1-2H3,(H,17,18)(H2,15,16,19). The van der Waals surface area contributed by atoms with Crippen molar-refractivity contribution < 1.29 is 14.7 Å². The number of aliphatic carboxylic acids is 1. The Kier molecular flexibility index (Phi) is 6.07. The third kappa shape index (κ3) is 5.91. The van der Waals surface area contributed by atoms with Crippen LogP contribution in [0.5, 0.6) is 0 Å². The Balaban J connectivity index is 2.60. The highest BCUT2D eigenvalue weighted by molar-refractivity contribution is 14.1. The molecule has 0 aliphatic rings. The second-order valence-electron chi connectivity index (χ2n) is 4.56. The smallest absolute Gasteiger partial charge is 0.319 e. The molecule has 0 saturated carbocycles. The number of hydrogen-bond donors (Lipinski definition) is 3. The summed E-state index contributed by atoms with van der Waals surface area (Å²) in [5.41, 5.74) is 0.683.